The third-order valence-corrected chi connectivity index (χ3v) is 6.81. The van der Waals surface area contributed by atoms with Crippen LogP contribution in [-0.4, -0.2) is 35.7 Å². The van der Waals surface area contributed by atoms with Crippen molar-refractivity contribution in [2.75, 3.05) is 11.9 Å². The topological polar surface area (TPSA) is 105 Å². The van der Waals surface area contributed by atoms with Crippen molar-refractivity contribution in [3.05, 3.63) is 89.5 Å². The number of rotatable bonds is 7. The van der Waals surface area contributed by atoms with E-state index in [0.717, 1.165) is 0 Å². The minimum absolute atomic E-state index is 0.0136. The maximum absolute atomic E-state index is 12.4. The molecule has 0 aromatic heterocycles. The molecule has 7 heteroatoms. The van der Waals surface area contributed by atoms with Crippen LogP contribution >= 0.6 is 0 Å². The number of aromatic carboxylic acids is 1. The van der Waals surface area contributed by atoms with E-state index < -0.39 is 12.1 Å². The predicted molar refractivity (Wildman–Crippen MR) is 131 cm³/mol. The van der Waals surface area contributed by atoms with Crippen molar-refractivity contribution in [2.24, 2.45) is 5.92 Å². The second-order valence-corrected chi connectivity index (χ2v) is 9.11. The molecule has 0 saturated heterocycles. The average Bonchev–Trinajstić information content (AvgIpc) is 3.15. The number of nitrogens with one attached hydrogen (secondary N) is 2. The quantitative estimate of drug-likeness (QED) is 0.449. The lowest BCUT2D eigenvalue weighted by molar-refractivity contribution is -0.117. The third kappa shape index (κ3) is 4.75. The summed E-state index contributed by atoms with van der Waals surface area (Å²) in [7, 11) is 0. The van der Waals surface area contributed by atoms with Crippen LogP contribution in [0.3, 0.4) is 0 Å². The van der Waals surface area contributed by atoms with E-state index in [1.54, 1.807) is 18.2 Å². The summed E-state index contributed by atoms with van der Waals surface area (Å²) in [6, 6.07) is 22.7. The highest BCUT2D eigenvalue weighted by atomic mass is 16.5. The van der Waals surface area contributed by atoms with E-state index in [4.69, 9.17) is 4.74 Å². The second kappa shape index (κ2) is 9.62. The van der Waals surface area contributed by atoms with Crippen LogP contribution in [0.4, 0.5) is 10.5 Å². The Morgan fingerprint density at radius 2 is 1.46 bits per heavy atom. The molecule has 3 aromatic rings. The normalized spacial score (nSPS) is 18.1. The lowest BCUT2D eigenvalue weighted by Crippen LogP contribution is -2.45. The van der Waals surface area contributed by atoms with Gasteiger partial charge in [0.2, 0.25) is 5.91 Å². The summed E-state index contributed by atoms with van der Waals surface area (Å²) >= 11 is 0. The minimum Gasteiger partial charge on any atom is -0.478 e. The summed E-state index contributed by atoms with van der Waals surface area (Å²) in [5.74, 6) is -1.18. The SMILES string of the molecule is O=C(CC1CC(NC(=O)OCC2c3ccccc3-c3ccccc32)C1)Nc1ccccc1C(=O)O. The molecule has 0 atom stereocenters. The number of carboxylic acids is 1. The van der Waals surface area contributed by atoms with E-state index in [1.807, 2.05) is 24.3 Å². The van der Waals surface area contributed by atoms with Crippen LogP contribution in [0.2, 0.25) is 0 Å². The first-order valence-electron chi connectivity index (χ1n) is 11.7. The molecular formula is C28H26N2O5. The van der Waals surface area contributed by atoms with Gasteiger partial charge in [-0.2, -0.15) is 0 Å². The largest absolute Gasteiger partial charge is 0.478 e. The summed E-state index contributed by atoms with van der Waals surface area (Å²) in [4.78, 5) is 36.1. The van der Waals surface area contributed by atoms with Crippen LogP contribution in [-0.2, 0) is 9.53 Å². The van der Waals surface area contributed by atoms with Crippen molar-refractivity contribution >= 4 is 23.7 Å². The highest BCUT2D eigenvalue weighted by Gasteiger charge is 2.33. The number of carbonyl (C=O) groups excluding carboxylic acids is 2. The average molecular weight is 471 g/mol. The molecule has 0 spiro atoms. The van der Waals surface area contributed by atoms with Gasteiger partial charge in [0.1, 0.15) is 6.61 Å². The lowest BCUT2D eigenvalue weighted by atomic mass is 9.78. The molecule has 0 heterocycles. The summed E-state index contributed by atoms with van der Waals surface area (Å²) < 4.78 is 5.59. The summed E-state index contributed by atoms with van der Waals surface area (Å²) in [6.45, 7) is 0.265. The molecule has 3 N–H and O–H groups in total. The Balaban J connectivity index is 1.08. The maximum atomic E-state index is 12.4. The Kier molecular flexibility index (Phi) is 6.23. The molecular weight excluding hydrogens is 444 g/mol. The molecule has 3 aromatic carbocycles. The Labute approximate surface area is 203 Å². The van der Waals surface area contributed by atoms with Crippen molar-refractivity contribution in [3.8, 4) is 11.1 Å². The Morgan fingerprint density at radius 3 is 2.11 bits per heavy atom. The van der Waals surface area contributed by atoms with Crippen LogP contribution in [0.5, 0.6) is 0 Å². The van der Waals surface area contributed by atoms with Gasteiger partial charge in [0.15, 0.2) is 0 Å². The standard InChI is InChI=1S/C28H26N2O5/c31-26(30-25-12-6-5-11-23(25)27(32)33)15-17-13-18(14-17)29-28(34)35-16-24-21-9-3-1-7-19(21)20-8-2-4-10-22(20)24/h1-12,17-18,24H,13-16H2,(H,29,34)(H,30,31)(H,32,33). The smallest absolute Gasteiger partial charge is 0.407 e. The van der Waals surface area contributed by atoms with E-state index in [-0.39, 0.29) is 48.1 Å². The number of alkyl carbamates (subject to hydrolysis) is 1. The van der Waals surface area contributed by atoms with Crippen molar-refractivity contribution in [2.45, 2.75) is 31.2 Å². The van der Waals surface area contributed by atoms with Gasteiger partial charge in [0, 0.05) is 18.4 Å². The van der Waals surface area contributed by atoms with Crippen LogP contribution < -0.4 is 10.6 Å². The fourth-order valence-corrected chi connectivity index (χ4v) is 5.07. The first-order chi connectivity index (χ1) is 17.0. The number of carbonyl (C=O) groups is 3. The van der Waals surface area contributed by atoms with Crippen LogP contribution in [0.25, 0.3) is 11.1 Å². The number of para-hydroxylation sites is 1. The molecule has 2 aliphatic carbocycles. The number of benzene rings is 3. The Morgan fingerprint density at radius 1 is 0.857 bits per heavy atom. The van der Waals surface area contributed by atoms with E-state index >= 15 is 0 Å². The number of fused-ring (bicyclic) bond motifs is 3. The van der Waals surface area contributed by atoms with Gasteiger partial charge < -0.3 is 20.5 Å². The molecule has 0 aliphatic heterocycles. The van der Waals surface area contributed by atoms with Crippen molar-refractivity contribution in [1.29, 1.82) is 0 Å². The van der Waals surface area contributed by atoms with Crippen LogP contribution in [0.15, 0.2) is 72.8 Å². The summed E-state index contributed by atoms with van der Waals surface area (Å²) in [5, 5.41) is 14.8. The molecule has 1 saturated carbocycles. The van der Waals surface area contributed by atoms with Gasteiger partial charge in [-0.3, -0.25) is 4.79 Å². The summed E-state index contributed by atoms with van der Waals surface area (Å²) in [5.41, 5.74) is 5.05. The number of anilines is 1. The molecule has 2 aliphatic rings. The van der Waals surface area contributed by atoms with Gasteiger partial charge in [-0.1, -0.05) is 60.7 Å². The zero-order valence-electron chi connectivity index (χ0n) is 19.1. The fraction of sp³-hybridized carbons (Fsp3) is 0.250. The molecule has 0 bridgehead atoms. The highest BCUT2D eigenvalue weighted by molar-refractivity contribution is 6.00. The fourth-order valence-electron chi connectivity index (χ4n) is 5.07. The van der Waals surface area contributed by atoms with Gasteiger partial charge in [-0.05, 0) is 53.1 Å². The number of hydrogen-bond acceptors (Lipinski definition) is 4. The van der Waals surface area contributed by atoms with Gasteiger partial charge in [0.25, 0.3) is 0 Å². The van der Waals surface area contributed by atoms with Gasteiger partial charge in [0.05, 0.1) is 11.3 Å². The number of ether oxygens (including phenoxy) is 1. The molecule has 0 unspecified atom stereocenters. The third-order valence-electron chi connectivity index (χ3n) is 6.81. The molecule has 1 fully saturated rings. The Bertz CT molecular complexity index is 1240. The first kappa shape index (κ1) is 22.7. The van der Waals surface area contributed by atoms with E-state index in [0.29, 0.717) is 12.8 Å². The van der Waals surface area contributed by atoms with Crippen molar-refractivity contribution < 1.29 is 24.2 Å². The van der Waals surface area contributed by atoms with E-state index in [9.17, 15) is 19.5 Å². The molecule has 7 nitrogen and oxygen atoms in total. The number of hydrogen-bond donors (Lipinski definition) is 3. The maximum Gasteiger partial charge on any atom is 0.407 e. The molecule has 178 valence electrons. The van der Waals surface area contributed by atoms with Crippen molar-refractivity contribution in [1.82, 2.24) is 5.32 Å². The van der Waals surface area contributed by atoms with Gasteiger partial charge in [-0.15, -0.1) is 0 Å². The molecule has 5 rings (SSSR count). The van der Waals surface area contributed by atoms with Crippen LogP contribution in [0.1, 0.15) is 46.7 Å². The first-order valence-corrected chi connectivity index (χ1v) is 11.7. The molecule has 2 amide bonds. The van der Waals surface area contributed by atoms with Gasteiger partial charge in [-0.25, -0.2) is 9.59 Å². The molecule has 35 heavy (non-hydrogen) atoms. The van der Waals surface area contributed by atoms with Gasteiger partial charge >= 0.3 is 12.1 Å². The summed E-state index contributed by atoms with van der Waals surface area (Å²) in [6.07, 6.45) is 1.18. The van der Waals surface area contributed by atoms with Crippen LogP contribution in [0, 0.1) is 5.92 Å². The lowest BCUT2D eigenvalue weighted by Gasteiger charge is -2.35. The van der Waals surface area contributed by atoms with E-state index in [2.05, 4.69) is 34.9 Å². The van der Waals surface area contributed by atoms with Crippen molar-refractivity contribution in [3.63, 3.8) is 0 Å². The monoisotopic (exact) mass is 470 g/mol. The second-order valence-electron chi connectivity index (χ2n) is 9.11. The van der Waals surface area contributed by atoms with E-state index in [1.165, 1.54) is 28.3 Å². The number of carboxylic acid groups (broad SMARTS) is 1. The minimum atomic E-state index is -1.09. The Hall–Kier alpha value is -4.13. The zero-order valence-corrected chi connectivity index (χ0v) is 19.1. The zero-order chi connectivity index (χ0) is 24.4. The predicted octanol–water partition coefficient (Wildman–Crippen LogP) is 5.03. The highest BCUT2D eigenvalue weighted by Crippen LogP contribution is 2.44. The molecule has 0 radical (unpaired) electrons. The number of amides is 2.